The van der Waals surface area contributed by atoms with Crippen molar-refractivity contribution in [1.29, 1.82) is 0 Å². The number of nitrogens with one attached hydrogen (secondary N) is 2. The summed E-state index contributed by atoms with van der Waals surface area (Å²) in [6.07, 6.45) is -3.64. The number of hydrogen-bond acceptors (Lipinski definition) is 3. The van der Waals surface area contributed by atoms with Gasteiger partial charge < -0.3 is 4.74 Å². The van der Waals surface area contributed by atoms with E-state index in [9.17, 15) is 13.2 Å². The van der Waals surface area contributed by atoms with Crippen LogP contribution >= 0.6 is 0 Å². The van der Waals surface area contributed by atoms with Crippen LogP contribution in [0.3, 0.4) is 0 Å². The second-order valence-corrected chi connectivity index (χ2v) is 1.45. The number of hydrogen-bond donors (Lipinski definition) is 2. The highest BCUT2D eigenvalue weighted by atomic mass is 19.4. The van der Waals surface area contributed by atoms with Gasteiger partial charge in [-0.25, -0.2) is 5.43 Å². The van der Waals surface area contributed by atoms with Crippen molar-refractivity contribution in [3.8, 4) is 0 Å². The van der Waals surface area contributed by atoms with Gasteiger partial charge >= 0.3 is 6.36 Å². The molecule has 1 rings (SSSR count). The first kappa shape index (κ1) is 7.20. The zero-order valence-corrected chi connectivity index (χ0v) is 4.62. The third-order valence-electron chi connectivity index (χ3n) is 0.687. The summed E-state index contributed by atoms with van der Waals surface area (Å²) in [5.41, 5.74) is 4.25. The van der Waals surface area contributed by atoms with Gasteiger partial charge in [0.25, 0.3) is 0 Å². The number of ether oxygens (including phenoxy) is 1. The van der Waals surface area contributed by atoms with Crippen molar-refractivity contribution in [2.45, 2.75) is 6.36 Å². The van der Waals surface area contributed by atoms with Crippen LogP contribution in [0.4, 0.5) is 13.2 Å². The molecule has 0 unspecified atom stereocenters. The summed E-state index contributed by atoms with van der Waals surface area (Å²) in [6, 6.07) is 0. The van der Waals surface area contributed by atoms with Gasteiger partial charge in [-0.1, -0.05) is 0 Å². The van der Waals surface area contributed by atoms with Gasteiger partial charge in [0.05, 0.1) is 0 Å². The third kappa shape index (κ3) is 2.14. The number of alkyl halides is 3. The van der Waals surface area contributed by atoms with Crippen molar-refractivity contribution in [2.24, 2.45) is 0 Å². The second kappa shape index (κ2) is 2.37. The highest BCUT2D eigenvalue weighted by molar-refractivity contribution is 5.04. The zero-order valence-electron chi connectivity index (χ0n) is 4.62. The molecule has 0 fully saturated rings. The summed E-state index contributed by atoms with van der Waals surface area (Å²) in [7, 11) is 0. The van der Waals surface area contributed by atoms with Crippen molar-refractivity contribution in [3.63, 3.8) is 0 Å². The second-order valence-electron chi connectivity index (χ2n) is 1.45. The van der Waals surface area contributed by atoms with E-state index in [1.807, 2.05) is 0 Å². The Morgan fingerprint density at radius 1 is 1.50 bits per heavy atom. The van der Waals surface area contributed by atoms with Crippen molar-refractivity contribution < 1.29 is 17.9 Å². The molecule has 1 heterocycles. The Morgan fingerprint density at radius 3 is 2.60 bits per heavy atom. The fourth-order valence-electron chi connectivity index (χ4n) is 0.415. The molecule has 2 N–H and O–H groups in total. The largest absolute Gasteiger partial charge is 0.574 e. The monoisotopic (exact) mass is 152 g/mol. The topological polar surface area (TPSA) is 33.3 Å². The van der Waals surface area contributed by atoms with Gasteiger partial charge in [-0.3, -0.25) is 5.43 Å². The lowest BCUT2D eigenvalue weighted by atomic mass is 10.6. The molecule has 1 aliphatic heterocycles. The smallest absolute Gasteiger partial charge is 0.389 e. The van der Waals surface area contributed by atoms with Crippen LogP contribution in [-0.4, -0.2) is 6.36 Å². The summed E-state index contributed by atoms with van der Waals surface area (Å²) in [4.78, 5) is 0. The molecule has 0 saturated carbocycles. The fraction of sp³-hybridized carbons (Fsp3) is 0.250. The van der Waals surface area contributed by atoms with Crippen molar-refractivity contribution in [1.82, 2.24) is 10.9 Å². The molecule has 0 bridgehead atoms. The average Bonchev–Trinajstić information content (AvgIpc) is 2.12. The molecule has 56 valence electrons. The fourth-order valence-corrected chi connectivity index (χ4v) is 0.415. The zero-order chi connectivity index (χ0) is 7.61. The summed E-state index contributed by atoms with van der Waals surface area (Å²) >= 11 is 0. The molecule has 3 nitrogen and oxygen atoms in total. The Hall–Kier alpha value is -0.910. The van der Waals surface area contributed by atoms with Gasteiger partial charge in [0, 0.05) is 6.08 Å². The molecular formula is C4H3F3N2O. The number of hydrazine groups is 1. The van der Waals surface area contributed by atoms with E-state index in [-0.39, 0.29) is 0 Å². The minimum absolute atomic E-state index is 0.410. The van der Waals surface area contributed by atoms with Gasteiger partial charge in [-0.05, 0) is 0 Å². The predicted molar refractivity (Wildman–Crippen MR) is 24.7 cm³/mol. The maximum absolute atomic E-state index is 11.3. The highest BCUT2D eigenvalue weighted by Gasteiger charge is 2.32. The normalized spacial score (nSPS) is 18.1. The number of halogens is 3. The van der Waals surface area contributed by atoms with Crippen molar-refractivity contribution >= 4 is 0 Å². The SMILES string of the molecule is FC(F)(F)OC1=C[C]NN1. The predicted octanol–water partition coefficient (Wildman–Crippen LogP) is 0.511. The first-order valence-electron chi connectivity index (χ1n) is 2.30. The van der Waals surface area contributed by atoms with Gasteiger partial charge in [0.2, 0.25) is 5.88 Å². The molecule has 0 aromatic rings. The van der Waals surface area contributed by atoms with E-state index in [1.165, 1.54) is 0 Å². The summed E-state index contributed by atoms with van der Waals surface area (Å²) in [6.45, 7) is 2.25. The van der Waals surface area contributed by atoms with Gasteiger partial charge in [-0.2, -0.15) is 0 Å². The molecule has 0 spiro atoms. The van der Waals surface area contributed by atoms with Crippen LogP contribution in [0, 0.1) is 6.54 Å². The van der Waals surface area contributed by atoms with Gasteiger partial charge in [0.15, 0.2) is 0 Å². The lowest BCUT2D eigenvalue weighted by Gasteiger charge is -2.08. The van der Waals surface area contributed by atoms with Gasteiger partial charge in [-0.15, -0.1) is 13.2 Å². The number of rotatable bonds is 1. The Labute approximate surface area is 54.8 Å². The maximum Gasteiger partial charge on any atom is 0.574 e. The molecule has 0 aromatic heterocycles. The lowest BCUT2D eigenvalue weighted by Crippen LogP contribution is -2.26. The molecule has 0 aromatic carbocycles. The maximum atomic E-state index is 11.3. The van der Waals surface area contributed by atoms with Crippen LogP contribution in [0.15, 0.2) is 12.0 Å². The molecule has 10 heavy (non-hydrogen) atoms. The third-order valence-corrected chi connectivity index (χ3v) is 0.687. The Morgan fingerprint density at radius 2 is 2.20 bits per heavy atom. The molecule has 0 aliphatic carbocycles. The van der Waals surface area contributed by atoms with E-state index in [0.29, 0.717) is 0 Å². The minimum Gasteiger partial charge on any atom is -0.389 e. The molecule has 6 heteroatoms. The molecule has 0 saturated heterocycles. The van der Waals surface area contributed by atoms with Crippen LogP contribution in [-0.2, 0) is 4.74 Å². The van der Waals surface area contributed by atoms with E-state index >= 15 is 0 Å². The van der Waals surface area contributed by atoms with Crippen LogP contribution < -0.4 is 10.9 Å². The molecule has 1 aliphatic rings. The van der Waals surface area contributed by atoms with E-state index < -0.39 is 12.2 Å². The first-order valence-corrected chi connectivity index (χ1v) is 2.30. The van der Waals surface area contributed by atoms with E-state index in [4.69, 9.17) is 0 Å². The molecule has 0 amide bonds. The van der Waals surface area contributed by atoms with Crippen molar-refractivity contribution in [3.05, 3.63) is 18.5 Å². The molecule has 2 radical (unpaired) electrons. The highest BCUT2D eigenvalue weighted by Crippen LogP contribution is 2.19. The van der Waals surface area contributed by atoms with Crippen LogP contribution in [0.25, 0.3) is 0 Å². The van der Waals surface area contributed by atoms with E-state index in [2.05, 4.69) is 22.1 Å². The van der Waals surface area contributed by atoms with Gasteiger partial charge in [0.1, 0.15) is 6.54 Å². The average molecular weight is 152 g/mol. The van der Waals surface area contributed by atoms with Crippen LogP contribution in [0.1, 0.15) is 0 Å². The molecule has 0 atom stereocenters. The quantitative estimate of drug-likeness (QED) is 0.574. The first-order chi connectivity index (χ1) is 4.58. The van der Waals surface area contributed by atoms with E-state index in [0.717, 1.165) is 6.08 Å². The Kier molecular flexibility index (Phi) is 1.71. The Balaban J connectivity index is 2.38. The molecular weight excluding hydrogens is 149 g/mol. The van der Waals surface area contributed by atoms with Crippen LogP contribution in [0.5, 0.6) is 0 Å². The summed E-state index contributed by atoms with van der Waals surface area (Å²) < 4.78 is 37.5. The summed E-state index contributed by atoms with van der Waals surface area (Å²) in [5, 5.41) is 0. The minimum atomic E-state index is -4.65. The lowest BCUT2D eigenvalue weighted by molar-refractivity contribution is -0.307. The summed E-state index contributed by atoms with van der Waals surface area (Å²) in [5.74, 6) is -0.410. The van der Waals surface area contributed by atoms with E-state index in [1.54, 1.807) is 0 Å². The van der Waals surface area contributed by atoms with Crippen LogP contribution in [0.2, 0.25) is 0 Å². The van der Waals surface area contributed by atoms with Crippen molar-refractivity contribution in [2.75, 3.05) is 0 Å². The standard InChI is InChI=1S/C4H3F3N2O/c5-4(6,7)10-3-1-2-8-9-3/h1,8-9H. The Bertz CT molecular complexity index is 153.